The Bertz CT molecular complexity index is 664. The molecule has 26 heavy (non-hydrogen) atoms. The maximum absolute atomic E-state index is 12.4. The molecule has 9 heteroatoms. The van der Waals surface area contributed by atoms with Crippen LogP contribution in [0.1, 0.15) is 32.3 Å². The van der Waals surface area contributed by atoms with E-state index < -0.39 is 17.1 Å². The zero-order chi connectivity index (χ0) is 19.3. The standard InChI is InChI=1S/C17H22N2O6S/c1-11(20)7-15-8-16(26-12(2)21)9-18(15)17(22)25-10-13-3-5-14(6-4-13)19(23)24/h3-6,11,15-16,20H,7-10H2,1-2H3/t11?,15-,16-/m0/s1. The third-order valence-corrected chi connectivity index (χ3v) is 5.07. The maximum atomic E-state index is 12.4. The van der Waals surface area contributed by atoms with Gasteiger partial charge in [-0.1, -0.05) is 11.8 Å². The van der Waals surface area contributed by atoms with Crippen molar-refractivity contribution >= 4 is 28.7 Å². The number of nitrogens with zero attached hydrogens (tertiary/aromatic N) is 2. The van der Waals surface area contributed by atoms with E-state index in [0.717, 1.165) is 0 Å². The third kappa shape index (κ3) is 5.70. The molecule has 0 saturated carbocycles. The van der Waals surface area contributed by atoms with E-state index in [1.165, 1.54) is 43.0 Å². The second kappa shape index (κ2) is 9.00. The van der Waals surface area contributed by atoms with Gasteiger partial charge < -0.3 is 14.7 Å². The topological polar surface area (TPSA) is 110 Å². The van der Waals surface area contributed by atoms with Gasteiger partial charge in [-0.2, -0.15) is 0 Å². The fourth-order valence-corrected chi connectivity index (χ4v) is 4.00. The minimum atomic E-state index is -0.564. The van der Waals surface area contributed by atoms with Gasteiger partial charge in [-0.3, -0.25) is 14.9 Å². The Kier molecular flexibility index (Phi) is 6.98. The van der Waals surface area contributed by atoms with Crippen LogP contribution in [0.3, 0.4) is 0 Å². The second-order valence-corrected chi connectivity index (χ2v) is 7.81. The summed E-state index contributed by atoms with van der Waals surface area (Å²) in [5.41, 5.74) is 0.616. The number of carbonyl (C=O) groups is 2. The molecular formula is C17H22N2O6S. The highest BCUT2D eigenvalue weighted by molar-refractivity contribution is 8.14. The van der Waals surface area contributed by atoms with Crippen molar-refractivity contribution in [3.8, 4) is 0 Å². The van der Waals surface area contributed by atoms with Crippen LogP contribution in [0.25, 0.3) is 0 Å². The fraction of sp³-hybridized carbons (Fsp3) is 0.529. The van der Waals surface area contributed by atoms with Crippen molar-refractivity contribution in [1.29, 1.82) is 0 Å². The summed E-state index contributed by atoms with van der Waals surface area (Å²) in [4.78, 5) is 35.5. The molecule has 1 heterocycles. The lowest BCUT2D eigenvalue weighted by Gasteiger charge is -2.24. The smallest absolute Gasteiger partial charge is 0.410 e. The van der Waals surface area contributed by atoms with Crippen molar-refractivity contribution in [2.75, 3.05) is 6.54 Å². The Morgan fingerprint density at radius 3 is 2.62 bits per heavy atom. The number of aliphatic hydroxyl groups is 1. The lowest BCUT2D eigenvalue weighted by atomic mass is 10.1. The molecule has 0 spiro atoms. The summed E-state index contributed by atoms with van der Waals surface area (Å²) in [6.07, 6.45) is -0.0321. The van der Waals surface area contributed by atoms with Crippen molar-refractivity contribution < 1.29 is 24.4 Å². The van der Waals surface area contributed by atoms with Crippen LogP contribution in [0, 0.1) is 10.1 Å². The van der Waals surface area contributed by atoms with E-state index in [-0.39, 0.29) is 28.7 Å². The molecule has 1 saturated heterocycles. The van der Waals surface area contributed by atoms with Crippen LogP contribution in [-0.4, -0.2) is 50.1 Å². The van der Waals surface area contributed by atoms with Gasteiger partial charge in [-0.05, 0) is 37.5 Å². The van der Waals surface area contributed by atoms with E-state index in [4.69, 9.17) is 4.74 Å². The predicted molar refractivity (Wildman–Crippen MR) is 96.8 cm³/mol. The van der Waals surface area contributed by atoms with Crippen LogP contribution in [-0.2, 0) is 16.1 Å². The third-order valence-electron chi connectivity index (χ3n) is 4.07. The van der Waals surface area contributed by atoms with Crippen LogP contribution in [0.2, 0.25) is 0 Å². The van der Waals surface area contributed by atoms with E-state index in [0.29, 0.717) is 24.9 Å². The monoisotopic (exact) mass is 382 g/mol. The number of carbonyl (C=O) groups excluding carboxylic acids is 2. The number of aliphatic hydroxyl groups excluding tert-OH is 1. The number of amides is 1. The van der Waals surface area contributed by atoms with Gasteiger partial charge in [0.1, 0.15) is 6.61 Å². The first-order valence-corrected chi connectivity index (χ1v) is 9.16. The number of hydrogen-bond donors (Lipinski definition) is 1. The SMILES string of the molecule is CC(=O)S[C@H]1C[C@H](CC(C)O)N(C(=O)OCc2ccc([N+](=O)[O-])cc2)C1. The predicted octanol–water partition coefficient (Wildman–Crippen LogP) is 2.72. The molecule has 1 N–H and O–H groups in total. The van der Waals surface area contributed by atoms with Gasteiger partial charge in [0.05, 0.1) is 11.0 Å². The summed E-state index contributed by atoms with van der Waals surface area (Å²) in [5.74, 6) is 0. The van der Waals surface area contributed by atoms with Crippen LogP contribution in [0.15, 0.2) is 24.3 Å². The summed E-state index contributed by atoms with van der Waals surface area (Å²) < 4.78 is 5.32. The van der Waals surface area contributed by atoms with E-state index >= 15 is 0 Å². The van der Waals surface area contributed by atoms with Crippen molar-refractivity contribution in [3.05, 3.63) is 39.9 Å². The van der Waals surface area contributed by atoms with E-state index in [2.05, 4.69) is 0 Å². The first kappa shape index (κ1) is 20.2. The minimum absolute atomic E-state index is 0.000750. The highest BCUT2D eigenvalue weighted by Gasteiger charge is 2.37. The quantitative estimate of drug-likeness (QED) is 0.595. The van der Waals surface area contributed by atoms with Gasteiger partial charge in [0.15, 0.2) is 5.12 Å². The second-order valence-electron chi connectivity index (χ2n) is 6.34. The highest BCUT2D eigenvalue weighted by atomic mass is 32.2. The van der Waals surface area contributed by atoms with E-state index in [1.54, 1.807) is 11.8 Å². The molecule has 1 aliphatic heterocycles. The molecule has 0 bridgehead atoms. The zero-order valence-electron chi connectivity index (χ0n) is 14.7. The average Bonchev–Trinajstić information content (AvgIpc) is 2.93. The molecule has 0 radical (unpaired) electrons. The molecular weight excluding hydrogens is 360 g/mol. The summed E-state index contributed by atoms with van der Waals surface area (Å²) >= 11 is 1.20. The lowest BCUT2D eigenvalue weighted by Crippen LogP contribution is -2.37. The number of likely N-dealkylation sites (tertiary alicyclic amines) is 1. The van der Waals surface area contributed by atoms with Crippen molar-refractivity contribution in [2.24, 2.45) is 0 Å². The van der Waals surface area contributed by atoms with Gasteiger partial charge in [-0.25, -0.2) is 4.79 Å². The summed E-state index contributed by atoms with van der Waals surface area (Å²) in [5, 5.41) is 20.3. The molecule has 0 aromatic heterocycles. The van der Waals surface area contributed by atoms with Gasteiger partial charge in [0, 0.05) is 36.9 Å². The number of rotatable bonds is 6. The van der Waals surface area contributed by atoms with Crippen molar-refractivity contribution in [1.82, 2.24) is 4.90 Å². The Balaban J connectivity index is 1.96. The first-order chi connectivity index (χ1) is 12.3. The fourth-order valence-electron chi connectivity index (χ4n) is 2.98. The number of thioether (sulfide) groups is 1. The molecule has 142 valence electrons. The maximum Gasteiger partial charge on any atom is 0.410 e. The first-order valence-electron chi connectivity index (χ1n) is 8.28. The number of non-ortho nitro benzene ring substituents is 1. The number of hydrogen-bond acceptors (Lipinski definition) is 7. The van der Waals surface area contributed by atoms with Crippen LogP contribution >= 0.6 is 11.8 Å². The highest BCUT2D eigenvalue weighted by Crippen LogP contribution is 2.31. The molecule has 2 rings (SSSR count). The number of nitro benzene ring substituents is 1. The molecule has 1 unspecified atom stereocenters. The van der Waals surface area contributed by atoms with Crippen molar-refractivity contribution in [3.63, 3.8) is 0 Å². The largest absolute Gasteiger partial charge is 0.445 e. The van der Waals surface area contributed by atoms with Gasteiger partial charge in [0.2, 0.25) is 0 Å². The minimum Gasteiger partial charge on any atom is -0.445 e. The molecule has 0 aliphatic carbocycles. The Morgan fingerprint density at radius 1 is 1.42 bits per heavy atom. The summed E-state index contributed by atoms with van der Waals surface area (Å²) in [7, 11) is 0. The zero-order valence-corrected chi connectivity index (χ0v) is 15.5. The van der Waals surface area contributed by atoms with Crippen molar-refractivity contribution in [2.45, 2.75) is 50.7 Å². The number of ether oxygens (including phenoxy) is 1. The van der Waals surface area contributed by atoms with Crippen LogP contribution < -0.4 is 0 Å². The molecule has 1 aromatic carbocycles. The average molecular weight is 382 g/mol. The van der Waals surface area contributed by atoms with Gasteiger partial charge in [-0.15, -0.1) is 0 Å². The number of benzene rings is 1. The van der Waals surface area contributed by atoms with E-state index in [1.807, 2.05) is 0 Å². The molecule has 8 nitrogen and oxygen atoms in total. The molecule has 3 atom stereocenters. The van der Waals surface area contributed by atoms with Crippen LogP contribution in [0.4, 0.5) is 10.5 Å². The van der Waals surface area contributed by atoms with Gasteiger partial charge in [0.25, 0.3) is 5.69 Å². The summed E-state index contributed by atoms with van der Waals surface area (Å²) in [6.45, 7) is 3.54. The Labute approximate surface area is 155 Å². The summed E-state index contributed by atoms with van der Waals surface area (Å²) in [6, 6.07) is 5.61. The van der Waals surface area contributed by atoms with Crippen LogP contribution in [0.5, 0.6) is 0 Å². The van der Waals surface area contributed by atoms with Gasteiger partial charge >= 0.3 is 6.09 Å². The van der Waals surface area contributed by atoms with E-state index in [9.17, 15) is 24.8 Å². The molecule has 1 fully saturated rings. The normalized spacial score (nSPS) is 20.7. The number of nitro groups is 1. The lowest BCUT2D eigenvalue weighted by molar-refractivity contribution is -0.384. The molecule has 1 aromatic rings. The Morgan fingerprint density at radius 2 is 2.08 bits per heavy atom. The Hall–Kier alpha value is -2.13. The molecule has 1 amide bonds. The molecule has 1 aliphatic rings.